The molecule has 1 aromatic heterocycles. The molecule has 2 aromatic carbocycles. The Bertz CT molecular complexity index is 863. The van der Waals surface area contributed by atoms with Gasteiger partial charge in [0.25, 0.3) is 0 Å². The van der Waals surface area contributed by atoms with Crippen LogP contribution in [0.1, 0.15) is 20.7 Å². The molecule has 7 nitrogen and oxygen atoms in total. The molecule has 3 aromatic rings. The molecule has 1 heterocycles. The van der Waals surface area contributed by atoms with E-state index in [9.17, 15) is 14.0 Å². The number of Topliss-reactive ketones (excluding diaryl/α,β-unsaturated/α-hetero) is 1. The maximum atomic E-state index is 13.1. The number of esters is 1. The van der Waals surface area contributed by atoms with Crippen molar-refractivity contribution in [1.29, 1.82) is 0 Å². The van der Waals surface area contributed by atoms with Crippen molar-refractivity contribution in [2.24, 2.45) is 0 Å². The summed E-state index contributed by atoms with van der Waals surface area (Å²) < 4.78 is 19.5. The average Bonchev–Trinajstić information content (AvgIpc) is 3.14. The molecule has 8 heteroatoms. The summed E-state index contributed by atoms with van der Waals surface area (Å²) in [4.78, 5) is 23.8. The van der Waals surface area contributed by atoms with Gasteiger partial charge in [-0.1, -0.05) is 12.1 Å². The molecule has 120 valence electrons. The van der Waals surface area contributed by atoms with Crippen LogP contribution >= 0.6 is 0 Å². The zero-order valence-corrected chi connectivity index (χ0v) is 12.3. The first-order chi connectivity index (χ1) is 11.6. The molecule has 0 amide bonds. The minimum absolute atomic E-state index is 0.150. The third-order valence-corrected chi connectivity index (χ3v) is 3.20. The summed E-state index contributed by atoms with van der Waals surface area (Å²) in [7, 11) is 0. The van der Waals surface area contributed by atoms with Crippen LogP contribution in [0.5, 0.6) is 0 Å². The Kier molecular flexibility index (Phi) is 4.37. The number of rotatable bonds is 5. The summed E-state index contributed by atoms with van der Waals surface area (Å²) in [6.45, 7) is -0.461. The van der Waals surface area contributed by atoms with Crippen LogP contribution in [0.2, 0.25) is 0 Å². The number of carbonyl (C=O) groups is 2. The first kappa shape index (κ1) is 15.5. The van der Waals surface area contributed by atoms with Crippen LogP contribution in [0.25, 0.3) is 5.69 Å². The van der Waals surface area contributed by atoms with Crippen LogP contribution in [0, 0.1) is 5.82 Å². The number of halogens is 1. The SMILES string of the molecule is O=C(COC(=O)c1ccc(-n2cnnn2)cc1)c1cccc(F)c1. The van der Waals surface area contributed by atoms with Crippen molar-refractivity contribution in [2.75, 3.05) is 6.61 Å². The number of nitrogens with zero attached hydrogens (tertiary/aromatic N) is 4. The molecule has 0 aliphatic rings. The van der Waals surface area contributed by atoms with E-state index >= 15 is 0 Å². The lowest BCUT2D eigenvalue weighted by atomic mass is 10.1. The zero-order valence-electron chi connectivity index (χ0n) is 12.3. The van der Waals surface area contributed by atoms with Crippen molar-refractivity contribution in [3.05, 3.63) is 71.8 Å². The number of ketones is 1. The summed E-state index contributed by atoms with van der Waals surface area (Å²) in [5.74, 6) is -1.65. The summed E-state index contributed by atoms with van der Waals surface area (Å²) in [5.41, 5.74) is 1.10. The number of ether oxygens (including phenoxy) is 1. The van der Waals surface area contributed by atoms with Gasteiger partial charge in [-0.2, -0.15) is 0 Å². The van der Waals surface area contributed by atoms with E-state index in [0.717, 1.165) is 6.07 Å². The van der Waals surface area contributed by atoms with Gasteiger partial charge in [0.05, 0.1) is 11.3 Å². The van der Waals surface area contributed by atoms with E-state index in [1.165, 1.54) is 41.3 Å². The molecule has 0 fully saturated rings. The molecule has 0 radical (unpaired) electrons. The van der Waals surface area contributed by atoms with Gasteiger partial charge in [0.2, 0.25) is 0 Å². The van der Waals surface area contributed by atoms with Crippen molar-refractivity contribution in [1.82, 2.24) is 20.2 Å². The fraction of sp³-hybridized carbons (Fsp3) is 0.0625. The van der Waals surface area contributed by atoms with Crippen molar-refractivity contribution in [3.8, 4) is 5.69 Å². The van der Waals surface area contributed by atoms with Crippen LogP contribution in [-0.4, -0.2) is 38.6 Å². The minimum atomic E-state index is -0.650. The maximum Gasteiger partial charge on any atom is 0.338 e. The van der Waals surface area contributed by atoms with Gasteiger partial charge >= 0.3 is 5.97 Å². The Hall–Kier alpha value is -3.42. The van der Waals surface area contributed by atoms with Gasteiger partial charge in [-0.05, 0) is 46.8 Å². The largest absolute Gasteiger partial charge is 0.454 e. The number of tetrazole rings is 1. The van der Waals surface area contributed by atoms with Crippen molar-refractivity contribution in [3.63, 3.8) is 0 Å². The predicted molar refractivity (Wildman–Crippen MR) is 80.2 cm³/mol. The van der Waals surface area contributed by atoms with E-state index in [0.29, 0.717) is 5.69 Å². The Morgan fingerprint density at radius 1 is 1.08 bits per heavy atom. The van der Waals surface area contributed by atoms with Crippen molar-refractivity contribution < 1.29 is 18.7 Å². The molecule has 3 rings (SSSR count). The topological polar surface area (TPSA) is 87.0 Å². The third-order valence-electron chi connectivity index (χ3n) is 3.20. The molecule has 0 bridgehead atoms. The molecular weight excluding hydrogens is 315 g/mol. The lowest BCUT2D eigenvalue weighted by Crippen LogP contribution is -2.14. The first-order valence-electron chi connectivity index (χ1n) is 6.93. The molecule has 24 heavy (non-hydrogen) atoms. The zero-order chi connectivity index (χ0) is 16.9. The normalized spacial score (nSPS) is 10.4. The number of carbonyl (C=O) groups excluding carboxylic acids is 2. The lowest BCUT2D eigenvalue weighted by Gasteiger charge is -2.05. The Morgan fingerprint density at radius 2 is 1.88 bits per heavy atom. The minimum Gasteiger partial charge on any atom is -0.454 e. The number of aromatic nitrogens is 4. The smallest absolute Gasteiger partial charge is 0.338 e. The quantitative estimate of drug-likeness (QED) is 0.525. The molecular formula is C16H11FN4O3. The van der Waals surface area contributed by atoms with E-state index in [1.54, 1.807) is 12.1 Å². The van der Waals surface area contributed by atoms with Crippen molar-refractivity contribution >= 4 is 11.8 Å². The number of benzene rings is 2. The highest BCUT2D eigenvalue weighted by Crippen LogP contribution is 2.10. The average molecular weight is 326 g/mol. The van der Waals surface area contributed by atoms with Gasteiger partial charge < -0.3 is 4.74 Å². The van der Waals surface area contributed by atoms with Crippen LogP contribution in [0.15, 0.2) is 54.9 Å². The molecule has 0 atom stereocenters. The fourth-order valence-corrected chi connectivity index (χ4v) is 1.99. The monoisotopic (exact) mass is 326 g/mol. The molecule has 0 saturated carbocycles. The van der Waals surface area contributed by atoms with Crippen LogP contribution in [0.3, 0.4) is 0 Å². The van der Waals surface area contributed by atoms with Gasteiger partial charge in [0.1, 0.15) is 12.1 Å². The molecule has 0 aliphatic heterocycles. The summed E-state index contributed by atoms with van der Waals surface area (Å²) in [5, 5.41) is 10.8. The first-order valence-corrected chi connectivity index (χ1v) is 6.93. The highest BCUT2D eigenvalue weighted by molar-refractivity contribution is 5.99. The highest BCUT2D eigenvalue weighted by atomic mass is 19.1. The summed E-state index contributed by atoms with van der Waals surface area (Å²) >= 11 is 0. The molecule has 0 aliphatic carbocycles. The standard InChI is InChI=1S/C16H11FN4O3/c17-13-3-1-2-12(8-13)15(22)9-24-16(23)11-4-6-14(7-5-11)21-10-18-19-20-21/h1-8,10H,9H2. The van der Waals surface area contributed by atoms with Gasteiger partial charge in [0.15, 0.2) is 12.4 Å². The van der Waals surface area contributed by atoms with Gasteiger partial charge in [0, 0.05) is 5.56 Å². The van der Waals surface area contributed by atoms with E-state index in [-0.39, 0.29) is 11.1 Å². The molecule has 0 N–H and O–H groups in total. The summed E-state index contributed by atoms with van der Waals surface area (Å²) in [6, 6.07) is 11.6. The Balaban J connectivity index is 1.62. The Morgan fingerprint density at radius 3 is 2.54 bits per heavy atom. The Labute approximate surface area is 135 Å². The second-order valence-corrected chi connectivity index (χ2v) is 4.81. The fourth-order valence-electron chi connectivity index (χ4n) is 1.99. The number of hydrogen-bond acceptors (Lipinski definition) is 6. The van der Waals surface area contributed by atoms with Crippen LogP contribution in [-0.2, 0) is 4.74 Å². The number of hydrogen-bond donors (Lipinski definition) is 0. The second-order valence-electron chi connectivity index (χ2n) is 4.81. The van der Waals surface area contributed by atoms with E-state index in [2.05, 4.69) is 15.5 Å². The lowest BCUT2D eigenvalue weighted by molar-refractivity contribution is 0.0474. The summed E-state index contributed by atoms with van der Waals surface area (Å²) in [6.07, 6.45) is 1.42. The highest BCUT2D eigenvalue weighted by Gasteiger charge is 2.12. The predicted octanol–water partition coefficient (Wildman–Crippen LogP) is 1.84. The van der Waals surface area contributed by atoms with E-state index in [4.69, 9.17) is 4.74 Å². The maximum absolute atomic E-state index is 13.1. The van der Waals surface area contributed by atoms with Crippen LogP contribution in [0.4, 0.5) is 4.39 Å². The van der Waals surface area contributed by atoms with Gasteiger partial charge in [-0.25, -0.2) is 13.9 Å². The van der Waals surface area contributed by atoms with E-state index < -0.39 is 24.2 Å². The van der Waals surface area contributed by atoms with Gasteiger partial charge in [-0.3, -0.25) is 4.79 Å². The molecule has 0 unspecified atom stereocenters. The third kappa shape index (κ3) is 3.49. The van der Waals surface area contributed by atoms with E-state index in [1.807, 2.05) is 0 Å². The van der Waals surface area contributed by atoms with Crippen molar-refractivity contribution in [2.45, 2.75) is 0 Å². The molecule has 0 saturated heterocycles. The molecule has 0 spiro atoms. The van der Waals surface area contributed by atoms with Gasteiger partial charge in [-0.15, -0.1) is 5.10 Å². The van der Waals surface area contributed by atoms with Crippen LogP contribution < -0.4 is 0 Å². The second kappa shape index (κ2) is 6.78.